The number of anilines is 1. The minimum absolute atomic E-state index is 0. The second kappa shape index (κ2) is 8.32. The van der Waals surface area contributed by atoms with Crippen molar-refractivity contribution in [3.63, 3.8) is 0 Å². The lowest BCUT2D eigenvalue weighted by Crippen LogP contribution is -2.51. The van der Waals surface area contributed by atoms with E-state index >= 15 is 0 Å². The minimum atomic E-state index is -0.707. The van der Waals surface area contributed by atoms with Gasteiger partial charge in [-0.15, -0.1) is 24.8 Å². The maximum Gasteiger partial charge on any atom is 0.256 e. The number of carbonyl (C=O) groups is 1. The van der Waals surface area contributed by atoms with Gasteiger partial charge in [-0.05, 0) is 38.1 Å². The van der Waals surface area contributed by atoms with Crippen molar-refractivity contribution in [1.29, 1.82) is 0 Å². The van der Waals surface area contributed by atoms with Crippen LogP contribution < -0.4 is 10.6 Å². The first-order valence-electron chi connectivity index (χ1n) is 5.74. The standard InChI is InChI=1S/C12H17N3O2.2ClH/c1-17-12(4-7-13-8-5-12)11(16)15-10-3-2-6-14-9-10;;/h2-3,6,9,13H,4-5,7-8H2,1H3,(H,15,16);2*1H. The highest BCUT2D eigenvalue weighted by Crippen LogP contribution is 2.24. The Balaban J connectivity index is 0.00000162. The second-order valence-electron chi connectivity index (χ2n) is 4.14. The van der Waals surface area contributed by atoms with Crippen molar-refractivity contribution >= 4 is 36.4 Å². The summed E-state index contributed by atoms with van der Waals surface area (Å²) >= 11 is 0. The molecule has 1 aromatic heterocycles. The Hall–Kier alpha value is -0.880. The zero-order valence-electron chi connectivity index (χ0n) is 10.7. The smallest absolute Gasteiger partial charge is 0.256 e. The predicted octanol–water partition coefficient (Wildman–Crippen LogP) is 1.63. The van der Waals surface area contributed by atoms with E-state index in [0.717, 1.165) is 13.1 Å². The molecule has 0 radical (unpaired) electrons. The van der Waals surface area contributed by atoms with Gasteiger partial charge in [-0.3, -0.25) is 9.78 Å². The summed E-state index contributed by atoms with van der Waals surface area (Å²) in [6.07, 6.45) is 4.68. The maximum absolute atomic E-state index is 12.2. The van der Waals surface area contributed by atoms with Crippen LogP contribution in [-0.2, 0) is 9.53 Å². The fourth-order valence-electron chi connectivity index (χ4n) is 2.04. The van der Waals surface area contributed by atoms with E-state index in [2.05, 4.69) is 15.6 Å². The Kier molecular flexibility index (Phi) is 7.94. The molecule has 0 spiro atoms. The molecule has 2 heterocycles. The van der Waals surface area contributed by atoms with Gasteiger partial charge < -0.3 is 15.4 Å². The average Bonchev–Trinajstić information content (AvgIpc) is 2.40. The van der Waals surface area contributed by atoms with Crippen LogP contribution in [0, 0.1) is 0 Å². The van der Waals surface area contributed by atoms with Gasteiger partial charge in [0.15, 0.2) is 0 Å². The van der Waals surface area contributed by atoms with Crippen molar-refractivity contribution < 1.29 is 9.53 Å². The molecule has 0 aromatic carbocycles. The van der Waals surface area contributed by atoms with Gasteiger partial charge in [0.2, 0.25) is 0 Å². The van der Waals surface area contributed by atoms with Crippen molar-refractivity contribution in [2.45, 2.75) is 18.4 Å². The van der Waals surface area contributed by atoms with Crippen molar-refractivity contribution in [2.24, 2.45) is 0 Å². The molecule has 1 fully saturated rings. The number of methoxy groups -OCH3 is 1. The first-order valence-corrected chi connectivity index (χ1v) is 5.74. The van der Waals surface area contributed by atoms with Crippen molar-refractivity contribution in [2.75, 3.05) is 25.5 Å². The predicted molar refractivity (Wildman–Crippen MR) is 79.2 cm³/mol. The molecule has 19 heavy (non-hydrogen) atoms. The summed E-state index contributed by atoms with van der Waals surface area (Å²) in [4.78, 5) is 16.2. The average molecular weight is 308 g/mol. The number of piperidine rings is 1. The Labute approximate surface area is 125 Å². The van der Waals surface area contributed by atoms with E-state index in [9.17, 15) is 4.79 Å². The van der Waals surface area contributed by atoms with E-state index in [1.165, 1.54) is 0 Å². The molecule has 2 N–H and O–H groups in total. The highest BCUT2D eigenvalue weighted by atomic mass is 35.5. The fraction of sp³-hybridized carbons (Fsp3) is 0.500. The van der Waals surface area contributed by atoms with E-state index in [1.807, 2.05) is 6.07 Å². The van der Waals surface area contributed by atoms with Crippen LogP contribution in [0.4, 0.5) is 5.69 Å². The summed E-state index contributed by atoms with van der Waals surface area (Å²) in [5.41, 5.74) is -0.00590. The van der Waals surface area contributed by atoms with Gasteiger partial charge in [0.25, 0.3) is 5.91 Å². The second-order valence-corrected chi connectivity index (χ2v) is 4.14. The molecule has 1 amide bonds. The number of ether oxygens (including phenoxy) is 1. The van der Waals surface area contributed by atoms with Gasteiger partial charge in [0.1, 0.15) is 5.60 Å². The Bertz CT molecular complexity index is 384. The molecule has 0 unspecified atom stereocenters. The van der Waals surface area contributed by atoms with Gasteiger partial charge in [0.05, 0.1) is 11.9 Å². The zero-order chi connectivity index (χ0) is 12.1. The number of pyridine rings is 1. The summed E-state index contributed by atoms with van der Waals surface area (Å²) in [5, 5.41) is 6.07. The molecule has 0 aliphatic carbocycles. The molecule has 1 aliphatic rings. The first kappa shape index (κ1) is 18.1. The number of carbonyl (C=O) groups excluding carboxylic acids is 1. The molecule has 2 rings (SSSR count). The van der Waals surface area contributed by atoms with Crippen LogP contribution in [0.3, 0.4) is 0 Å². The van der Waals surface area contributed by atoms with E-state index < -0.39 is 5.60 Å². The van der Waals surface area contributed by atoms with E-state index in [1.54, 1.807) is 25.6 Å². The van der Waals surface area contributed by atoms with Gasteiger partial charge in [-0.2, -0.15) is 0 Å². The highest BCUT2D eigenvalue weighted by Gasteiger charge is 2.39. The zero-order valence-corrected chi connectivity index (χ0v) is 12.4. The van der Waals surface area contributed by atoms with Gasteiger partial charge in [-0.1, -0.05) is 0 Å². The number of amides is 1. The SMILES string of the molecule is COC1(C(=O)Nc2cccnc2)CCNCC1.Cl.Cl. The molecule has 1 saturated heterocycles. The van der Waals surface area contributed by atoms with Crippen molar-refractivity contribution in [1.82, 2.24) is 10.3 Å². The quantitative estimate of drug-likeness (QED) is 0.891. The molecular weight excluding hydrogens is 289 g/mol. The lowest BCUT2D eigenvalue weighted by atomic mass is 9.91. The summed E-state index contributed by atoms with van der Waals surface area (Å²) < 4.78 is 5.44. The lowest BCUT2D eigenvalue weighted by molar-refractivity contribution is -0.140. The Morgan fingerprint density at radius 1 is 1.42 bits per heavy atom. The van der Waals surface area contributed by atoms with E-state index in [0.29, 0.717) is 18.5 Å². The molecule has 0 bridgehead atoms. The molecular formula is C12H19Cl2N3O2. The number of aromatic nitrogens is 1. The van der Waals surface area contributed by atoms with E-state index in [4.69, 9.17) is 4.74 Å². The largest absolute Gasteiger partial charge is 0.368 e. The summed E-state index contributed by atoms with van der Waals surface area (Å²) in [6, 6.07) is 3.60. The molecule has 1 aliphatic heterocycles. The molecule has 5 nitrogen and oxygen atoms in total. The third-order valence-electron chi connectivity index (χ3n) is 3.14. The number of hydrogen-bond acceptors (Lipinski definition) is 4. The Morgan fingerprint density at radius 3 is 2.63 bits per heavy atom. The third-order valence-corrected chi connectivity index (χ3v) is 3.14. The monoisotopic (exact) mass is 307 g/mol. The number of nitrogens with zero attached hydrogens (tertiary/aromatic N) is 1. The van der Waals surface area contributed by atoms with Crippen LogP contribution in [0.5, 0.6) is 0 Å². The van der Waals surface area contributed by atoms with Crippen LogP contribution in [0.2, 0.25) is 0 Å². The number of halogens is 2. The summed E-state index contributed by atoms with van der Waals surface area (Å²) in [6.45, 7) is 1.60. The number of nitrogens with one attached hydrogen (secondary N) is 2. The maximum atomic E-state index is 12.2. The van der Waals surface area contributed by atoms with Crippen LogP contribution in [0.25, 0.3) is 0 Å². The lowest BCUT2D eigenvalue weighted by Gasteiger charge is -2.34. The molecule has 0 atom stereocenters. The van der Waals surface area contributed by atoms with E-state index in [-0.39, 0.29) is 30.7 Å². The Morgan fingerprint density at radius 2 is 2.11 bits per heavy atom. The van der Waals surface area contributed by atoms with Gasteiger partial charge in [0, 0.05) is 13.3 Å². The third kappa shape index (κ3) is 4.31. The summed E-state index contributed by atoms with van der Waals surface area (Å²) in [5.74, 6) is -0.0884. The molecule has 0 saturated carbocycles. The molecule has 7 heteroatoms. The highest BCUT2D eigenvalue weighted by molar-refractivity contribution is 5.97. The van der Waals surface area contributed by atoms with Gasteiger partial charge >= 0.3 is 0 Å². The van der Waals surface area contributed by atoms with Crippen LogP contribution in [0.15, 0.2) is 24.5 Å². The van der Waals surface area contributed by atoms with Crippen LogP contribution in [0.1, 0.15) is 12.8 Å². The van der Waals surface area contributed by atoms with Gasteiger partial charge in [-0.25, -0.2) is 0 Å². The number of hydrogen-bond donors (Lipinski definition) is 2. The molecule has 1 aromatic rings. The molecule has 108 valence electrons. The fourth-order valence-corrected chi connectivity index (χ4v) is 2.04. The van der Waals surface area contributed by atoms with Crippen LogP contribution >= 0.6 is 24.8 Å². The number of rotatable bonds is 3. The van der Waals surface area contributed by atoms with Crippen LogP contribution in [-0.4, -0.2) is 36.7 Å². The van der Waals surface area contributed by atoms with Crippen molar-refractivity contribution in [3.8, 4) is 0 Å². The first-order chi connectivity index (χ1) is 8.27. The van der Waals surface area contributed by atoms with Crippen molar-refractivity contribution in [3.05, 3.63) is 24.5 Å². The topological polar surface area (TPSA) is 63.2 Å². The normalized spacial score (nSPS) is 16.7. The minimum Gasteiger partial charge on any atom is -0.368 e. The summed E-state index contributed by atoms with van der Waals surface area (Å²) in [7, 11) is 1.59.